The molecular weight excluding hydrogens is 200 g/mol. The van der Waals surface area contributed by atoms with Gasteiger partial charge in [0, 0.05) is 25.7 Å². The van der Waals surface area contributed by atoms with Gasteiger partial charge >= 0.3 is 0 Å². The highest BCUT2D eigenvalue weighted by atomic mass is 16.3. The molecule has 0 aromatic heterocycles. The van der Waals surface area contributed by atoms with Gasteiger partial charge in [0.05, 0.1) is 6.10 Å². The molecule has 2 fully saturated rings. The Kier molecular flexibility index (Phi) is 4.00. The van der Waals surface area contributed by atoms with Crippen LogP contribution in [0.2, 0.25) is 0 Å². The normalized spacial score (nSPS) is 31.6. The zero-order chi connectivity index (χ0) is 11.5. The summed E-state index contributed by atoms with van der Waals surface area (Å²) in [6.07, 6.45) is 3.60. The molecule has 1 aliphatic heterocycles. The first-order valence-corrected chi connectivity index (χ1v) is 6.45. The van der Waals surface area contributed by atoms with Gasteiger partial charge in [-0.15, -0.1) is 0 Å². The number of aliphatic hydroxyl groups excluding tert-OH is 1. The lowest BCUT2D eigenvalue weighted by Gasteiger charge is -2.34. The molecule has 2 atom stereocenters. The van der Waals surface area contributed by atoms with Crippen molar-refractivity contribution in [1.29, 1.82) is 0 Å². The molecule has 0 amide bonds. The van der Waals surface area contributed by atoms with E-state index in [2.05, 4.69) is 23.7 Å². The summed E-state index contributed by atoms with van der Waals surface area (Å²) in [6.45, 7) is 10.0. The van der Waals surface area contributed by atoms with Crippen LogP contribution >= 0.6 is 0 Å². The number of hydrogen-bond donors (Lipinski definition) is 2. The fourth-order valence-corrected chi connectivity index (χ4v) is 2.21. The summed E-state index contributed by atoms with van der Waals surface area (Å²) in [5.41, 5.74) is 1.24. The van der Waals surface area contributed by atoms with Gasteiger partial charge in [0.15, 0.2) is 0 Å². The van der Waals surface area contributed by atoms with E-state index in [4.69, 9.17) is 0 Å². The van der Waals surface area contributed by atoms with E-state index in [1.54, 1.807) is 0 Å². The molecule has 0 bridgehead atoms. The Morgan fingerprint density at radius 2 is 2.19 bits per heavy atom. The number of hydrogen-bond acceptors (Lipinski definition) is 3. The van der Waals surface area contributed by atoms with Gasteiger partial charge in [-0.25, -0.2) is 0 Å². The Morgan fingerprint density at radius 1 is 1.44 bits per heavy atom. The molecule has 3 heteroatoms. The molecule has 92 valence electrons. The van der Waals surface area contributed by atoms with E-state index in [0.717, 1.165) is 38.6 Å². The number of nitrogens with one attached hydrogen (secondary N) is 1. The van der Waals surface area contributed by atoms with E-state index in [1.807, 2.05) is 0 Å². The van der Waals surface area contributed by atoms with Crippen molar-refractivity contribution in [3.63, 3.8) is 0 Å². The SMILES string of the molecule is C=C(CNC1CC1)CN1CCC(C)C(O)C1. The molecule has 2 aliphatic rings. The van der Waals surface area contributed by atoms with Crippen LogP contribution in [0.15, 0.2) is 12.2 Å². The van der Waals surface area contributed by atoms with Crippen molar-refractivity contribution in [2.45, 2.75) is 38.3 Å². The maximum atomic E-state index is 9.80. The van der Waals surface area contributed by atoms with E-state index < -0.39 is 0 Å². The summed E-state index contributed by atoms with van der Waals surface area (Å²) in [4.78, 5) is 2.32. The lowest BCUT2D eigenvalue weighted by atomic mass is 9.96. The first-order chi connectivity index (χ1) is 7.65. The van der Waals surface area contributed by atoms with Crippen LogP contribution in [0.25, 0.3) is 0 Å². The molecule has 1 saturated carbocycles. The number of aliphatic hydroxyl groups is 1. The summed E-state index contributed by atoms with van der Waals surface area (Å²) < 4.78 is 0. The predicted octanol–water partition coefficient (Wildman–Crippen LogP) is 0.997. The summed E-state index contributed by atoms with van der Waals surface area (Å²) in [6, 6.07) is 0.753. The molecule has 0 radical (unpaired) electrons. The summed E-state index contributed by atoms with van der Waals surface area (Å²) >= 11 is 0. The average molecular weight is 224 g/mol. The quantitative estimate of drug-likeness (QED) is 0.684. The van der Waals surface area contributed by atoms with E-state index in [9.17, 15) is 5.11 Å². The van der Waals surface area contributed by atoms with Crippen molar-refractivity contribution >= 4 is 0 Å². The zero-order valence-corrected chi connectivity index (χ0v) is 10.3. The molecule has 1 saturated heterocycles. The molecule has 1 heterocycles. The second-order valence-electron chi connectivity index (χ2n) is 5.47. The Balaban J connectivity index is 1.65. The lowest BCUT2D eigenvalue weighted by Crippen LogP contribution is -2.44. The van der Waals surface area contributed by atoms with Gasteiger partial charge in [-0.1, -0.05) is 13.5 Å². The highest BCUT2D eigenvalue weighted by Crippen LogP contribution is 2.19. The van der Waals surface area contributed by atoms with E-state index in [-0.39, 0.29) is 6.10 Å². The minimum Gasteiger partial charge on any atom is -0.392 e. The number of nitrogens with zero attached hydrogens (tertiary/aromatic N) is 1. The maximum absolute atomic E-state index is 9.80. The Morgan fingerprint density at radius 3 is 2.81 bits per heavy atom. The fraction of sp³-hybridized carbons (Fsp3) is 0.846. The average Bonchev–Trinajstić information content (AvgIpc) is 3.04. The van der Waals surface area contributed by atoms with Crippen LogP contribution in [0.3, 0.4) is 0 Å². The van der Waals surface area contributed by atoms with Crippen molar-refractivity contribution in [3.05, 3.63) is 12.2 Å². The van der Waals surface area contributed by atoms with Gasteiger partial charge in [0.25, 0.3) is 0 Å². The minimum atomic E-state index is -0.155. The first-order valence-electron chi connectivity index (χ1n) is 6.45. The second-order valence-corrected chi connectivity index (χ2v) is 5.47. The van der Waals surface area contributed by atoms with Crippen LogP contribution in [0.5, 0.6) is 0 Å². The van der Waals surface area contributed by atoms with Crippen LogP contribution in [-0.4, -0.2) is 48.3 Å². The molecule has 2 rings (SSSR count). The van der Waals surface area contributed by atoms with Crippen LogP contribution < -0.4 is 5.32 Å². The second kappa shape index (κ2) is 5.30. The summed E-state index contributed by atoms with van der Waals surface area (Å²) in [7, 11) is 0. The van der Waals surface area contributed by atoms with Crippen LogP contribution in [0, 0.1) is 5.92 Å². The Bertz CT molecular complexity index is 250. The largest absolute Gasteiger partial charge is 0.392 e. The van der Waals surface area contributed by atoms with Gasteiger partial charge in [-0.2, -0.15) is 0 Å². The van der Waals surface area contributed by atoms with Crippen molar-refractivity contribution < 1.29 is 5.11 Å². The van der Waals surface area contributed by atoms with Gasteiger partial charge < -0.3 is 10.4 Å². The van der Waals surface area contributed by atoms with Crippen LogP contribution in [0.4, 0.5) is 0 Å². The van der Waals surface area contributed by atoms with Crippen LogP contribution in [-0.2, 0) is 0 Å². The third-order valence-electron chi connectivity index (χ3n) is 3.67. The molecular formula is C13H24N2O. The highest BCUT2D eigenvalue weighted by Gasteiger charge is 2.25. The monoisotopic (exact) mass is 224 g/mol. The van der Waals surface area contributed by atoms with E-state index in [0.29, 0.717) is 5.92 Å². The molecule has 16 heavy (non-hydrogen) atoms. The fourth-order valence-electron chi connectivity index (χ4n) is 2.21. The third-order valence-corrected chi connectivity index (χ3v) is 3.67. The van der Waals surface area contributed by atoms with Crippen molar-refractivity contribution in [2.24, 2.45) is 5.92 Å². The van der Waals surface area contributed by atoms with E-state index in [1.165, 1.54) is 18.4 Å². The lowest BCUT2D eigenvalue weighted by molar-refractivity contribution is 0.0331. The van der Waals surface area contributed by atoms with Crippen LogP contribution in [0.1, 0.15) is 26.2 Å². The smallest absolute Gasteiger partial charge is 0.0693 e. The standard InChI is InChI=1S/C13H24N2O/c1-10(7-14-12-3-4-12)8-15-6-5-11(2)13(16)9-15/h11-14,16H,1,3-9H2,2H3. The molecule has 0 aromatic carbocycles. The molecule has 0 aromatic rings. The van der Waals surface area contributed by atoms with Crippen molar-refractivity contribution in [1.82, 2.24) is 10.2 Å². The zero-order valence-electron chi connectivity index (χ0n) is 10.3. The summed E-state index contributed by atoms with van der Waals surface area (Å²) in [5, 5.41) is 13.3. The van der Waals surface area contributed by atoms with Crippen molar-refractivity contribution in [2.75, 3.05) is 26.2 Å². The molecule has 0 spiro atoms. The topological polar surface area (TPSA) is 35.5 Å². The predicted molar refractivity (Wildman–Crippen MR) is 66.4 cm³/mol. The van der Waals surface area contributed by atoms with Gasteiger partial charge in [0.2, 0.25) is 0 Å². The minimum absolute atomic E-state index is 0.155. The first kappa shape index (κ1) is 12.1. The maximum Gasteiger partial charge on any atom is 0.0693 e. The van der Waals surface area contributed by atoms with Gasteiger partial charge in [0.1, 0.15) is 0 Å². The number of rotatable bonds is 5. The van der Waals surface area contributed by atoms with E-state index >= 15 is 0 Å². The molecule has 2 unspecified atom stereocenters. The number of likely N-dealkylation sites (tertiary alicyclic amines) is 1. The molecule has 1 aliphatic carbocycles. The number of piperidine rings is 1. The summed E-state index contributed by atoms with van der Waals surface area (Å²) in [5.74, 6) is 0.453. The molecule has 3 nitrogen and oxygen atoms in total. The Labute approximate surface area is 98.5 Å². The third kappa shape index (κ3) is 3.58. The molecule has 2 N–H and O–H groups in total. The van der Waals surface area contributed by atoms with Crippen molar-refractivity contribution in [3.8, 4) is 0 Å². The number of β-amino-alcohol motifs (C(OH)–C–C–N with tert-alkyl or cyclic N) is 1. The van der Waals surface area contributed by atoms with Gasteiger partial charge in [-0.3, -0.25) is 4.90 Å². The highest BCUT2D eigenvalue weighted by molar-refractivity contribution is 5.02. The van der Waals surface area contributed by atoms with Gasteiger partial charge in [-0.05, 0) is 37.3 Å². The Hall–Kier alpha value is -0.380.